The van der Waals surface area contributed by atoms with Gasteiger partial charge >= 0.3 is 0 Å². The quantitative estimate of drug-likeness (QED) is 0.267. The Kier molecular flexibility index (Phi) is 5.28. The van der Waals surface area contributed by atoms with Crippen molar-refractivity contribution in [2.24, 2.45) is 0 Å². The first-order valence-corrected chi connectivity index (χ1v) is 12.1. The summed E-state index contributed by atoms with van der Waals surface area (Å²) in [5.74, 6) is 0.840. The van der Waals surface area contributed by atoms with Gasteiger partial charge in [0, 0.05) is 11.1 Å². The molecule has 1 aliphatic heterocycles. The summed E-state index contributed by atoms with van der Waals surface area (Å²) >= 11 is 7.89. The molecule has 0 N–H and O–H groups in total. The molecule has 1 amide bonds. The van der Waals surface area contributed by atoms with Crippen LogP contribution in [0, 0.1) is 0 Å². The molecule has 1 aromatic heterocycles. The maximum absolute atomic E-state index is 14.4. The van der Waals surface area contributed by atoms with Crippen LogP contribution in [0.2, 0.25) is 5.02 Å². The van der Waals surface area contributed by atoms with Crippen LogP contribution < -0.4 is 9.64 Å². The maximum atomic E-state index is 14.4. The first kappa shape index (κ1) is 20.9. The van der Waals surface area contributed by atoms with Crippen molar-refractivity contribution in [2.75, 3.05) is 4.90 Å². The van der Waals surface area contributed by atoms with Crippen molar-refractivity contribution in [2.45, 2.75) is 12.5 Å². The minimum atomic E-state index is -0.507. The van der Waals surface area contributed by atoms with Crippen LogP contribution in [0.5, 0.6) is 11.5 Å². The Bertz CT molecular complexity index is 1470. The van der Waals surface area contributed by atoms with E-state index in [4.69, 9.17) is 21.3 Å². The second kappa shape index (κ2) is 8.60. The van der Waals surface area contributed by atoms with Crippen molar-refractivity contribution in [1.82, 2.24) is 4.98 Å². The molecule has 0 saturated carbocycles. The van der Waals surface area contributed by atoms with Gasteiger partial charge in [-0.25, -0.2) is 4.98 Å². The lowest BCUT2D eigenvalue weighted by Gasteiger charge is -2.31. The number of anilines is 1. The summed E-state index contributed by atoms with van der Waals surface area (Å²) in [6.45, 7) is 0.402. The molecule has 6 heteroatoms. The van der Waals surface area contributed by atoms with E-state index < -0.39 is 5.92 Å². The highest BCUT2D eigenvalue weighted by Crippen LogP contribution is 2.46. The number of halogens is 1. The zero-order valence-corrected chi connectivity index (χ0v) is 19.6. The molecule has 4 aromatic carbocycles. The van der Waals surface area contributed by atoms with Gasteiger partial charge in [0.2, 0.25) is 5.91 Å². The molecular formula is C28H19ClN2O2S. The molecule has 0 fully saturated rings. The normalized spacial score (nSPS) is 12.6. The molecule has 0 aliphatic carbocycles. The van der Waals surface area contributed by atoms with Gasteiger partial charge in [-0.1, -0.05) is 95.7 Å². The van der Waals surface area contributed by atoms with Gasteiger partial charge in [-0.15, -0.1) is 0 Å². The second-order valence-electron chi connectivity index (χ2n) is 8.10. The Morgan fingerprint density at radius 3 is 2.18 bits per heavy atom. The van der Waals surface area contributed by atoms with Crippen molar-refractivity contribution < 1.29 is 9.53 Å². The first-order valence-electron chi connectivity index (χ1n) is 10.9. The largest absolute Gasteiger partial charge is 0.457 e. The third-order valence-corrected chi connectivity index (χ3v) is 7.31. The second-order valence-corrected chi connectivity index (χ2v) is 9.52. The van der Waals surface area contributed by atoms with E-state index >= 15 is 0 Å². The Hall–Kier alpha value is -3.67. The number of fused-ring (bicyclic) bond motifs is 3. The molecule has 166 valence electrons. The third-order valence-electron chi connectivity index (χ3n) is 5.97. The predicted molar refractivity (Wildman–Crippen MR) is 137 cm³/mol. The average molecular weight is 483 g/mol. The molecule has 4 nitrogen and oxygen atoms in total. The lowest BCUT2D eigenvalue weighted by Crippen LogP contribution is -2.36. The van der Waals surface area contributed by atoms with Crippen molar-refractivity contribution in [3.63, 3.8) is 0 Å². The summed E-state index contributed by atoms with van der Waals surface area (Å²) < 4.78 is 7.07. The van der Waals surface area contributed by atoms with Crippen LogP contribution in [0.4, 0.5) is 5.13 Å². The van der Waals surface area contributed by atoms with Gasteiger partial charge in [-0.3, -0.25) is 9.69 Å². The zero-order valence-electron chi connectivity index (χ0n) is 18.0. The Balaban J connectivity index is 1.50. The lowest BCUT2D eigenvalue weighted by atomic mass is 9.87. The molecular weight excluding hydrogens is 464 g/mol. The number of benzene rings is 4. The minimum absolute atomic E-state index is 0.0535. The van der Waals surface area contributed by atoms with Crippen LogP contribution in [0.3, 0.4) is 0 Å². The molecule has 0 radical (unpaired) electrons. The molecule has 0 spiro atoms. The highest BCUT2D eigenvalue weighted by Gasteiger charge is 2.36. The van der Waals surface area contributed by atoms with Gasteiger partial charge in [-0.05, 0) is 29.8 Å². The topological polar surface area (TPSA) is 42.4 Å². The van der Waals surface area contributed by atoms with Gasteiger partial charge < -0.3 is 4.74 Å². The number of thiazole rings is 1. The van der Waals surface area contributed by atoms with Crippen LogP contribution in [0.25, 0.3) is 10.2 Å². The van der Waals surface area contributed by atoms with Gasteiger partial charge in [0.05, 0.1) is 22.2 Å². The Morgan fingerprint density at radius 1 is 0.853 bits per heavy atom. The highest BCUT2D eigenvalue weighted by atomic mass is 35.5. The van der Waals surface area contributed by atoms with E-state index in [-0.39, 0.29) is 5.91 Å². The molecule has 5 aromatic rings. The lowest BCUT2D eigenvalue weighted by molar-refractivity contribution is -0.119. The van der Waals surface area contributed by atoms with E-state index in [9.17, 15) is 4.79 Å². The molecule has 0 bridgehead atoms. The molecule has 0 saturated heterocycles. The predicted octanol–water partition coefficient (Wildman–Crippen LogP) is 7.42. The van der Waals surface area contributed by atoms with E-state index in [0.717, 1.165) is 21.4 Å². The van der Waals surface area contributed by atoms with Crippen molar-refractivity contribution in [3.8, 4) is 11.5 Å². The van der Waals surface area contributed by atoms with E-state index in [0.29, 0.717) is 33.7 Å². The van der Waals surface area contributed by atoms with Crippen LogP contribution in [0.1, 0.15) is 22.6 Å². The van der Waals surface area contributed by atoms with E-state index in [1.54, 1.807) is 4.90 Å². The average Bonchev–Trinajstić information content (AvgIpc) is 3.31. The monoisotopic (exact) mass is 482 g/mol. The summed E-state index contributed by atoms with van der Waals surface area (Å²) in [4.78, 5) is 21.0. The number of nitrogens with zero attached hydrogens (tertiary/aromatic N) is 2. The summed E-state index contributed by atoms with van der Waals surface area (Å²) in [7, 11) is 0. The molecule has 0 unspecified atom stereocenters. The van der Waals surface area contributed by atoms with E-state index in [1.165, 1.54) is 11.3 Å². The fourth-order valence-electron chi connectivity index (χ4n) is 4.36. The first-order chi connectivity index (χ1) is 16.7. The van der Waals surface area contributed by atoms with Crippen molar-refractivity contribution in [3.05, 3.63) is 119 Å². The number of rotatable bonds is 4. The minimum Gasteiger partial charge on any atom is -0.457 e. The standard InChI is InChI=1S/C28H19ClN2O2S/c29-21-13-8-16-24-26(21)30-28(34-24)31(17-18-9-2-1-3-10-18)27(32)25-19-11-4-6-14-22(19)33-23-15-7-5-12-20(23)25/h1-16,25H,17H2. The molecule has 6 rings (SSSR count). The smallest absolute Gasteiger partial charge is 0.241 e. The fourth-order valence-corrected chi connectivity index (χ4v) is 5.63. The number of carbonyl (C=O) groups excluding carboxylic acids is 1. The molecule has 34 heavy (non-hydrogen) atoms. The van der Waals surface area contributed by atoms with Crippen LogP contribution in [0.15, 0.2) is 97.1 Å². The van der Waals surface area contributed by atoms with E-state index in [2.05, 4.69) is 0 Å². The van der Waals surface area contributed by atoms with Gasteiger partial charge in [-0.2, -0.15) is 0 Å². The number of ether oxygens (including phenoxy) is 1. The molecule has 0 atom stereocenters. The van der Waals surface area contributed by atoms with Crippen LogP contribution in [-0.2, 0) is 11.3 Å². The van der Waals surface area contributed by atoms with Gasteiger partial charge in [0.25, 0.3) is 0 Å². The number of aromatic nitrogens is 1. The maximum Gasteiger partial charge on any atom is 0.241 e. The van der Waals surface area contributed by atoms with Gasteiger partial charge in [0.1, 0.15) is 17.0 Å². The molecule has 2 heterocycles. The van der Waals surface area contributed by atoms with Gasteiger partial charge in [0.15, 0.2) is 5.13 Å². The molecule has 1 aliphatic rings. The number of hydrogen-bond donors (Lipinski definition) is 0. The summed E-state index contributed by atoms with van der Waals surface area (Å²) in [6, 6.07) is 31.1. The number of para-hydroxylation sites is 3. The summed E-state index contributed by atoms with van der Waals surface area (Å²) in [5, 5.41) is 1.20. The Labute approximate surface area is 206 Å². The zero-order chi connectivity index (χ0) is 23.1. The summed E-state index contributed by atoms with van der Waals surface area (Å²) in [6.07, 6.45) is 0. The highest BCUT2D eigenvalue weighted by molar-refractivity contribution is 7.22. The third kappa shape index (κ3) is 3.63. The van der Waals surface area contributed by atoms with Crippen molar-refractivity contribution >= 4 is 44.2 Å². The van der Waals surface area contributed by atoms with Crippen LogP contribution in [-0.4, -0.2) is 10.9 Å². The number of amides is 1. The fraction of sp³-hybridized carbons (Fsp3) is 0.0714. The Morgan fingerprint density at radius 2 is 1.50 bits per heavy atom. The van der Waals surface area contributed by atoms with E-state index in [1.807, 2.05) is 97.1 Å². The number of carbonyl (C=O) groups is 1. The summed E-state index contributed by atoms with van der Waals surface area (Å²) in [5.41, 5.74) is 3.43. The van der Waals surface area contributed by atoms with Crippen LogP contribution >= 0.6 is 22.9 Å². The SMILES string of the molecule is O=C(C1c2ccccc2Oc2ccccc21)N(Cc1ccccc1)c1nc2c(Cl)cccc2s1. The number of hydrogen-bond acceptors (Lipinski definition) is 4. The van der Waals surface area contributed by atoms with Crippen molar-refractivity contribution in [1.29, 1.82) is 0 Å².